The Labute approximate surface area is 118 Å². The van der Waals surface area contributed by atoms with Crippen molar-refractivity contribution in [3.63, 3.8) is 0 Å². The summed E-state index contributed by atoms with van der Waals surface area (Å²) < 4.78 is 0. The van der Waals surface area contributed by atoms with Gasteiger partial charge < -0.3 is 10.6 Å². The Hall–Kier alpha value is -1.55. The molecule has 4 nitrogen and oxygen atoms in total. The standard InChI is InChI=1S/C14H19ClN2O2/c1-14(2,3)17-13(19)12(18)16-8-7-10-5-4-6-11(15)9-10/h4-6,9H,7-8H2,1-3H3,(H,16,18)(H,17,19). The van der Waals surface area contributed by atoms with Gasteiger partial charge in [0.1, 0.15) is 0 Å². The fourth-order valence-corrected chi connectivity index (χ4v) is 1.70. The molecule has 0 aliphatic carbocycles. The SMILES string of the molecule is CC(C)(C)NC(=O)C(=O)NCCc1cccc(Cl)c1. The second-order valence-corrected chi connectivity index (χ2v) is 5.78. The van der Waals surface area contributed by atoms with Crippen molar-refractivity contribution in [3.8, 4) is 0 Å². The molecule has 0 heterocycles. The molecule has 0 unspecified atom stereocenters. The molecule has 0 radical (unpaired) electrons. The third-order valence-electron chi connectivity index (χ3n) is 2.28. The lowest BCUT2D eigenvalue weighted by molar-refractivity contribution is -0.140. The van der Waals surface area contributed by atoms with Gasteiger partial charge in [-0.3, -0.25) is 9.59 Å². The van der Waals surface area contributed by atoms with Gasteiger partial charge >= 0.3 is 11.8 Å². The van der Waals surface area contributed by atoms with Crippen LogP contribution in [0.4, 0.5) is 0 Å². The zero-order valence-corrected chi connectivity index (χ0v) is 12.2. The Morgan fingerprint density at radius 3 is 2.47 bits per heavy atom. The van der Waals surface area contributed by atoms with E-state index in [1.165, 1.54) is 0 Å². The van der Waals surface area contributed by atoms with Crippen molar-refractivity contribution in [2.45, 2.75) is 32.7 Å². The van der Waals surface area contributed by atoms with Crippen LogP contribution in [-0.2, 0) is 16.0 Å². The van der Waals surface area contributed by atoms with Gasteiger partial charge in [0.2, 0.25) is 0 Å². The second-order valence-electron chi connectivity index (χ2n) is 5.34. The smallest absolute Gasteiger partial charge is 0.309 e. The monoisotopic (exact) mass is 282 g/mol. The lowest BCUT2D eigenvalue weighted by atomic mass is 10.1. The van der Waals surface area contributed by atoms with Crippen molar-refractivity contribution in [1.29, 1.82) is 0 Å². The maximum Gasteiger partial charge on any atom is 0.309 e. The van der Waals surface area contributed by atoms with E-state index in [-0.39, 0.29) is 0 Å². The first-order valence-electron chi connectivity index (χ1n) is 6.13. The number of benzene rings is 1. The van der Waals surface area contributed by atoms with Gasteiger partial charge in [-0.05, 0) is 44.9 Å². The van der Waals surface area contributed by atoms with Crippen LogP contribution in [-0.4, -0.2) is 23.9 Å². The molecule has 104 valence electrons. The summed E-state index contributed by atoms with van der Waals surface area (Å²) >= 11 is 5.86. The Kier molecular flexibility index (Phi) is 5.36. The van der Waals surface area contributed by atoms with E-state index in [9.17, 15) is 9.59 Å². The molecule has 0 fully saturated rings. The Balaban J connectivity index is 2.37. The maximum absolute atomic E-state index is 11.5. The van der Waals surface area contributed by atoms with E-state index >= 15 is 0 Å². The molecule has 0 saturated heterocycles. The third-order valence-corrected chi connectivity index (χ3v) is 2.52. The minimum atomic E-state index is -0.614. The van der Waals surface area contributed by atoms with Crippen LogP contribution in [0.25, 0.3) is 0 Å². The van der Waals surface area contributed by atoms with Crippen LogP contribution >= 0.6 is 11.6 Å². The minimum Gasteiger partial charge on any atom is -0.348 e. The first kappa shape index (κ1) is 15.5. The summed E-state index contributed by atoms with van der Waals surface area (Å²) in [5.74, 6) is -1.23. The van der Waals surface area contributed by atoms with Crippen LogP contribution in [0.5, 0.6) is 0 Å². The number of nitrogens with one attached hydrogen (secondary N) is 2. The molecule has 0 aliphatic heterocycles. The van der Waals surface area contributed by atoms with Crippen LogP contribution in [0.15, 0.2) is 24.3 Å². The van der Waals surface area contributed by atoms with Gasteiger partial charge in [0.25, 0.3) is 0 Å². The van der Waals surface area contributed by atoms with E-state index in [4.69, 9.17) is 11.6 Å². The van der Waals surface area contributed by atoms with Gasteiger partial charge in [0.05, 0.1) is 0 Å². The molecule has 0 atom stereocenters. The van der Waals surface area contributed by atoms with Gasteiger partial charge in [0, 0.05) is 17.1 Å². The Morgan fingerprint density at radius 1 is 1.21 bits per heavy atom. The van der Waals surface area contributed by atoms with Gasteiger partial charge in [-0.25, -0.2) is 0 Å². The van der Waals surface area contributed by atoms with Crippen LogP contribution in [0.2, 0.25) is 5.02 Å². The first-order chi connectivity index (χ1) is 8.78. The highest BCUT2D eigenvalue weighted by atomic mass is 35.5. The number of rotatable bonds is 3. The molecule has 2 N–H and O–H groups in total. The maximum atomic E-state index is 11.5. The molecular weight excluding hydrogens is 264 g/mol. The van der Waals surface area contributed by atoms with E-state index in [1.54, 1.807) is 6.07 Å². The van der Waals surface area contributed by atoms with Gasteiger partial charge in [-0.1, -0.05) is 23.7 Å². The fraction of sp³-hybridized carbons (Fsp3) is 0.429. The number of hydrogen-bond donors (Lipinski definition) is 2. The molecule has 1 aromatic rings. The fourth-order valence-electron chi connectivity index (χ4n) is 1.49. The normalized spacial score (nSPS) is 10.9. The highest BCUT2D eigenvalue weighted by Crippen LogP contribution is 2.10. The van der Waals surface area contributed by atoms with Crippen LogP contribution < -0.4 is 10.6 Å². The number of carbonyl (C=O) groups is 2. The zero-order valence-electron chi connectivity index (χ0n) is 11.4. The second kappa shape index (κ2) is 6.57. The highest BCUT2D eigenvalue weighted by Gasteiger charge is 2.19. The highest BCUT2D eigenvalue weighted by molar-refractivity contribution is 6.35. The summed E-state index contributed by atoms with van der Waals surface area (Å²) in [5.41, 5.74) is 0.602. The topological polar surface area (TPSA) is 58.2 Å². The van der Waals surface area contributed by atoms with Crippen molar-refractivity contribution < 1.29 is 9.59 Å². The minimum absolute atomic E-state index is 0.400. The molecule has 5 heteroatoms. The average molecular weight is 283 g/mol. The average Bonchev–Trinajstić information content (AvgIpc) is 2.26. The number of halogens is 1. The number of amides is 2. The largest absolute Gasteiger partial charge is 0.348 e. The zero-order chi connectivity index (χ0) is 14.5. The van der Waals surface area contributed by atoms with Crippen molar-refractivity contribution in [2.75, 3.05) is 6.54 Å². The van der Waals surface area contributed by atoms with Gasteiger partial charge in [-0.2, -0.15) is 0 Å². The number of carbonyl (C=O) groups excluding carboxylic acids is 2. The van der Waals surface area contributed by atoms with Crippen LogP contribution in [0, 0.1) is 0 Å². The van der Waals surface area contributed by atoms with Crippen LogP contribution in [0.1, 0.15) is 26.3 Å². The van der Waals surface area contributed by atoms with Crippen molar-refractivity contribution in [1.82, 2.24) is 10.6 Å². The summed E-state index contributed by atoms with van der Waals surface area (Å²) in [6, 6.07) is 7.41. The molecule has 0 aromatic heterocycles. The van der Waals surface area contributed by atoms with E-state index in [1.807, 2.05) is 39.0 Å². The van der Waals surface area contributed by atoms with Crippen LogP contribution in [0.3, 0.4) is 0 Å². The van der Waals surface area contributed by atoms with E-state index < -0.39 is 17.4 Å². The molecule has 1 rings (SSSR count). The summed E-state index contributed by atoms with van der Waals surface area (Å²) in [7, 11) is 0. The molecular formula is C14H19ClN2O2. The number of hydrogen-bond acceptors (Lipinski definition) is 2. The molecule has 0 aliphatic rings. The summed E-state index contributed by atoms with van der Waals surface area (Å²) in [6.07, 6.45) is 0.634. The lowest BCUT2D eigenvalue weighted by Crippen LogP contribution is -2.48. The van der Waals surface area contributed by atoms with Gasteiger partial charge in [0.15, 0.2) is 0 Å². The molecule has 2 amide bonds. The predicted octanol–water partition coefficient (Wildman–Crippen LogP) is 1.91. The quantitative estimate of drug-likeness (QED) is 0.832. The molecule has 0 saturated carbocycles. The third kappa shape index (κ3) is 6.25. The molecule has 0 spiro atoms. The predicted molar refractivity (Wildman–Crippen MR) is 76.1 cm³/mol. The Bertz CT molecular complexity index is 467. The van der Waals surface area contributed by atoms with Crippen molar-refractivity contribution in [2.24, 2.45) is 0 Å². The molecule has 19 heavy (non-hydrogen) atoms. The van der Waals surface area contributed by atoms with E-state index in [0.29, 0.717) is 18.0 Å². The molecule has 0 bridgehead atoms. The van der Waals surface area contributed by atoms with E-state index in [2.05, 4.69) is 10.6 Å². The Morgan fingerprint density at radius 2 is 1.89 bits per heavy atom. The summed E-state index contributed by atoms with van der Waals surface area (Å²) in [6.45, 7) is 5.87. The van der Waals surface area contributed by atoms with Gasteiger partial charge in [-0.15, -0.1) is 0 Å². The summed E-state index contributed by atoms with van der Waals surface area (Å²) in [4.78, 5) is 23.0. The van der Waals surface area contributed by atoms with E-state index in [0.717, 1.165) is 5.56 Å². The lowest BCUT2D eigenvalue weighted by Gasteiger charge is -2.19. The van der Waals surface area contributed by atoms with Crippen molar-refractivity contribution in [3.05, 3.63) is 34.9 Å². The summed E-state index contributed by atoms with van der Waals surface area (Å²) in [5, 5.41) is 5.84. The van der Waals surface area contributed by atoms with Crippen molar-refractivity contribution >= 4 is 23.4 Å². The molecule has 1 aromatic carbocycles. The first-order valence-corrected chi connectivity index (χ1v) is 6.50.